The summed E-state index contributed by atoms with van der Waals surface area (Å²) in [4.78, 5) is 11.0. The zero-order valence-electron chi connectivity index (χ0n) is 13.6. The summed E-state index contributed by atoms with van der Waals surface area (Å²) in [6.07, 6.45) is -2.10. The van der Waals surface area contributed by atoms with Gasteiger partial charge in [0.05, 0.1) is 32.5 Å². The predicted molar refractivity (Wildman–Crippen MR) is 84.5 cm³/mol. The minimum atomic E-state index is -1.04. The number of benzene rings is 1. The second-order valence-electron chi connectivity index (χ2n) is 5.75. The Balaban J connectivity index is 1.89. The number of rotatable bonds is 7. The minimum Gasteiger partial charge on any atom is -0.494 e. The smallest absolute Gasteiger partial charge is 0.305 e. The number of hydrogen-bond acceptors (Lipinski definition) is 7. The van der Waals surface area contributed by atoms with E-state index in [4.69, 9.17) is 9.47 Å². The predicted octanol–water partition coefficient (Wildman–Crippen LogP) is 0.563. The topological polar surface area (TPSA) is 105 Å². The van der Waals surface area contributed by atoms with Crippen LogP contribution in [-0.2, 0) is 14.3 Å². The average molecular weight is 340 g/mol. The molecule has 0 spiro atoms. The molecular formula is C17H24O7. The van der Waals surface area contributed by atoms with Crippen molar-refractivity contribution >= 4 is 5.97 Å². The summed E-state index contributed by atoms with van der Waals surface area (Å²) in [5.41, 5.74) is 0.696. The number of methoxy groups -OCH3 is 1. The van der Waals surface area contributed by atoms with Crippen molar-refractivity contribution in [3.63, 3.8) is 0 Å². The quantitative estimate of drug-likeness (QED) is 0.492. The van der Waals surface area contributed by atoms with Gasteiger partial charge < -0.3 is 29.5 Å². The van der Waals surface area contributed by atoms with Gasteiger partial charge in [-0.1, -0.05) is 12.1 Å². The number of esters is 1. The number of carbonyl (C=O) groups is 1. The highest BCUT2D eigenvalue weighted by Crippen LogP contribution is 2.32. The van der Waals surface area contributed by atoms with Crippen LogP contribution in [0.4, 0.5) is 0 Å². The molecule has 24 heavy (non-hydrogen) atoms. The van der Waals surface area contributed by atoms with Gasteiger partial charge in [0, 0.05) is 12.8 Å². The van der Waals surface area contributed by atoms with Crippen LogP contribution in [0.15, 0.2) is 24.3 Å². The molecule has 1 aromatic carbocycles. The molecule has 0 saturated carbocycles. The van der Waals surface area contributed by atoms with Crippen molar-refractivity contribution < 1.29 is 34.3 Å². The Morgan fingerprint density at radius 1 is 1.29 bits per heavy atom. The Morgan fingerprint density at radius 2 is 2.00 bits per heavy atom. The maximum Gasteiger partial charge on any atom is 0.305 e. The second-order valence-corrected chi connectivity index (χ2v) is 5.75. The van der Waals surface area contributed by atoms with Gasteiger partial charge in [0.25, 0.3) is 0 Å². The van der Waals surface area contributed by atoms with Gasteiger partial charge in [-0.2, -0.15) is 0 Å². The van der Waals surface area contributed by atoms with Gasteiger partial charge in [-0.3, -0.25) is 4.79 Å². The summed E-state index contributed by atoms with van der Waals surface area (Å²) in [5.74, 6) is 0.363. The highest BCUT2D eigenvalue weighted by atomic mass is 16.5. The SMILES string of the molecule is COC(=O)CCCOc1ccc(C2OC(CO)CC(O)C2O)cc1. The van der Waals surface area contributed by atoms with E-state index in [1.807, 2.05) is 0 Å². The molecule has 1 saturated heterocycles. The first-order valence-corrected chi connectivity index (χ1v) is 7.97. The number of aliphatic hydroxyl groups is 3. The van der Waals surface area contributed by atoms with Crippen molar-refractivity contribution in [1.29, 1.82) is 0 Å². The lowest BCUT2D eigenvalue weighted by molar-refractivity contribution is -0.179. The highest BCUT2D eigenvalue weighted by Gasteiger charge is 2.37. The fraction of sp³-hybridized carbons (Fsp3) is 0.588. The zero-order chi connectivity index (χ0) is 17.5. The van der Waals surface area contributed by atoms with E-state index in [1.165, 1.54) is 7.11 Å². The van der Waals surface area contributed by atoms with Gasteiger partial charge in [-0.15, -0.1) is 0 Å². The third-order valence-electron chi connectivity index (χ3n) is 3.98. The lowest BCUT2D eigenvalue weighted by atomic mass is 9.93. The summed E-state index contributed by atoms with van der Waals surface area (Å²) in [7, 11) is 1.35. The van der Waals surface area contributed by atoms with Crippen molar-refractivity contribution in [3.05, 3.63) is 29.8 Å². The van der Waals surface area contributed by atoms with E-state index >= 15 is 0 Å². The van der Waals surface area contributed by atoms with Crippen LogP contribution in [0, 0.1) is 0 Å². The van der Waals surface area contributed by atoms with E-state index in [0.717, 1.165) is 0 Å². The van der Waals surface area contributed by atoms with Crippen LogP contribution in [0.2, 0.25) is 0 Å². The van der Waals surface area contributed by atoms with Gasteiger partial charge in [-0.25, -0.2) is 0 Å². The number of carbonyl (C=O) groups excluding carboxylic acids is 1. The molecule has 0 bridgehead atoms. The summed E-state index contributed by atoms with van der Waals surface area (Å²) in [5, 5.41) is 29.2. The normalized spacial score (nSPS) is 26.8. The van der Waals surface area contributed by atoms with Crippen LogP contribution >= 0.6 is 0 Å². The molecule has 1 aromatic rings. The first-order valence-electron chi connectivity index (χ1n) is 7.97. The van der Waals surface area contributed by atoms with E-state index in [-0.39, 0.29) is 19.0 Å². The van der Waals surface area contributed by atoms with Gasteiger partial charge in [0.2, 0.25) is 0 Å². The summed E-state index contributed by atoms with van der Waals surface area (Å²) < 4.78 is 15.7. The molecule has 4 unspecified atom stereocenters. The molecule has 4 atom stereocenters. The summed E-state index contributed by atoms with van der Waals surface area (Å²) in [6, 6.07) is 6.96. The Bertz CT molecular complexity index is 516. The zero-order valence-corrected chi connectivity index (χ0v) is 13.6. The molecule has 0 aromatic heterocycles. The van der Waals surface area contributed by atoms with Gasteiger partial charge >= 0.3 is 5.97 Å². The van der Waals surface area contributed by atoms with Crippen LogP contribution in [0.3, 0.4) is 0 Å². The lowest BCUT2D eigenvalue weighted by Gasteiger charge is -2.36. The Labute approximate surface area is 140 Å². The maximum absolute atomic E-state index is 11.0. The molecule has 2 rings (SSSR count). The maximum atomic E-state index is 11.0. The third-order valence-corrected chi connectivity index (χ3v) is 3.98. The van der Waals surface area contributed by atoms with Crippen LogP contribution in [-0.4, -0.2) is 59.9 Å². The first-order chi connectivity index (χ1) is 11.5. The summed E-state index contributed by atoms with van der Waals surface area (Å²) >= 11 is 0. The highest BCUT2D eigenvalue weighted by molar-refractivity contribution is 5.69. The molecule has 0 amide bonds. The summed E-state index contributed by atoms with van der Waals surface area (Å²) in [6.45, 7) is 0.184. The van der Waals surface area contributed by atoms with Crippen LogP contribution in [0.1, 0.15) is 30.9 Å². The Morgan fingerprint density at radius 3 is 2.62 bits per heavy atom. The molecule has 1 fully saturated rings. The van der Waals surface area contributed by atoms with E-state index in [0.29, 0.717) is 30.8 Å². The molecule has 0 radical (unpaired) electrons. The molecule has 1 aliphatic heterocycles. The van der Waals surface area contributed by atoms with E-state index in [9.17, 15) is 20.1 Å². The molecule has 1 aliphatic rings. The number of ether oxygens (including phenoxy) is 3. The Kier molecular flexibility index (Phi) is 6.99. The lowest BCUT2D eigenvalue weighted by Crippen LogP contribution is -2.44. The first kappa shape index (κ1) is 18.7. The number of aliphatic hydroxyl groups excluding tert-OH is 3. The molecule has 7 heteroatoms. The van der Waals surface area contributed by atoms with Crippen molar-refractivity contribution in [2.75, 3.05) is 20.3 Å². The Hall–Kier alpha value is -1.67. The van der Waals surface area contributed by atoms with E-state index in [2.05, 4.69) is 4.74 Å². The average Bonchev–Trinajstić information content (AvgIpc) is 2.61. The van der Waals surface area contributed by atoms with Crippen molar-refractivity contribution in [1.82, 2.24) is 0 Å². The van der Waals surface area contributed by atoms with Crippen LogP contribution in [0.5, 0.6) is 5.75 Å². The van der Waals surface area contributed by atoms with Gasteiger partial charge in [-0.05, 0) is 24.1 Å². The van der Waals surface area contributed by atoms with Crippen LogP contribution < -0.4 is 4.74 Å². The number of hydrogen-bond donors (Lipinski definition) is 3. The second kappa shape index (κ2) is 8.98. The van der Waals surface area contributed by atoms with Crippen molar-refractivity contribution in [3.8, 4) is 5.75 Å². The third kappa shape index (κ3) is 4.91. The van der Waals surface area contributed by atoms with Crippen molar-refractivity contribution in [2.45, 2.75) is 43.7 Å². The fourth-order valence-corrected chi connectivity index (χ4v) is 2.61. The minimum absolute atomic E-state index is 0.204. The van der Waals surface area contributed by atoms with Gasteiger partial charge in [0.15, 0.2) is 0 Å². The van der Waals surface area contributed by atoms with Crippen LogP contribution in [0.25, 0.3) is 0 Å². The van der Waals surface area contributed by atoms with E-state index in [1.54, 1.807) is 24.3 Å². The largest absolute Gasteiger partial charge is 0.494 e. The molecule has 3 N–H and O–H groups in total. The van der Waals surface area contributed by atoms with E-state index < -0.39 is 24.4 Å². The molecule has 0 aliphatic carbocycles. The molecule has 7 nitrogen and oxygen atoms in total. The molecule has 134 valence electrons. The van der Waals surface area contributed by atoms with Gasteiger partial charge in [0.1, 0.15) is 18.0 Å². The monoisotopic (exact) mass is 340 g/mol. The fourth-order valence-electron chi connectivity index (χ4n) is 2.61. The molecular weight excluding hydrogens is 316 g/mol. The molecule has 1 heterocycles. The standard InChI is InChI=1S/C17H24O7/c1-22-15(20)3-2-8-23-12-6-4-11(5-7-12)17-16(21)14(19)9-13(10-18)24-17/h4-7,13-14,16-19,21H,2-3,8-10H2,1H3. The van der Waals surface area contributed by atoms with Crippen molar-refractivity contribution in [2.24, 2.45) is 0 Å².